The number of nitrogens with zero attached hydrogens (tertiary/aromatic N) is 1. The maximum Gasteiger partial charge on any atom is 0.229 e. The summed E-state index contributed by atoms with van der Waals surface area (Å²) in [5, 5.41) is 0.335. The predicted octanol–water partition coefficient (Wildman–Crippen LogP) is 2.59. The minimum Gasteiger partial charge on any atom is -0.444 e. The average Bonchev–Trinajstić information content (AvgIpc) is 2.66. The molecule has 0 amide bonds. The fourth-order valence-corrected chi connectivity index (χ4v) is 1.35. The zero-order chi connectivity index (χ0) is 10.8. The first-order valence-corrected chi connectivity index (χ1v) is 4.68. The third kappa shape index (κ3) is 2.00. The molecule has 2 aromatic rings. The van der Waals surface area contributed by atoms with Crippen molar-refractivity contribution in [2.75, 3.05) is 0 Å². The molecule has 1 heterocycles. The van der Waals surface area contributed by atoms with Gasteiger partial charge in [-0.2, -0.15) is 0 Å². The van der Waals surface area contributed by atoms with E-state index in [9.17, 15) is 4.39 Å². The second-order valence-electron chi connectivity index (χ2n) is 2.97. The van der Waals surface area contributed by atoms with Crippen LogP contribution in [0.3, 0.4) is 0 Å². The maximum absolute atomic E-state index is 13.4. The van der Waals surface area contributed by atoms with Crippen molar-refractivity contribution in [1.29, 1.82) is 0 Å². The van der Waals surface area contributed by atoms with E-state index in [2.05, 4.69) is 4.98 Å². The summed E-state index contributed by atoms with van der Waals surface area (Å²) in [6, 6.07) is 4.30. The molecule has 0 fully saturated rings. The highest BCUT2D eigenvalue weighted by Crippen LogP contribution is 2.24. The topological polar surface area (TPSA) is 52.0 Å². The molecule has 0 saturated heterocycles. The highest BCUT2D eigenvalue weighted by molar-refractivity contribution is 6.30. The molecule has 0 saturated carbocycles. The molecule has 78 valence electrons. The Labute approximate surface area is 90.7 Å². The van der Waals surface area contributed by atoms with Crippen LogP contribution in [-0.2, 0) is 6.54 Å². The molecule has 0 radical (unpaired) electrons. The van der Waals surface area contributed by atoms with Crippen LogP contribution in [0.5, 0.6) is 0 Å². The number of halogens is 2. The summed E-state index contributed by atoms with van der Waals surface area (Å²) in [5.41, 5.74) is 6.23. The molecule has 0 unspecified atom stereocenters. The molecule has 1 aromatic carbocycles. The van der Waals surface area contributed by atoms with E-state index in [0.29, 0.717) is 10.7 Å². The Kier molecular flexibility index (Phi) is 2.70. The molecule has 0 atom stereocenters. The largest absolute Gasteiger partial charge is 0.444 e. The Hall–Kier alpha value is -1.39. The zero-order valence-corrected chi connectivity index (χ0v) is 8.46. The van der Waals surface area contributed by atoms with E-state index in [4.69, 9.17) is 21.8 Å². The molecule has 3 nitrogen and oxygen atoms in total. The lowest BCUT2D eigenvalue weighted by Gasteiger charge is -1.97. The summed E-state index contributed by atoms with van der Waals surface area (Å²) in [5.74, 6) is -0.252. The molecule has 0 aliphatic rings. The van der Waals surface area contributed by atoms with E-state index in [1.165, 1.54) is 18.4 Å². The van der Waals surface area contributed by atoms with Gasteiger partial charge in [0.2, 0.25) is 5.89 Å². The van der Waals surface area contributed by atoms with Crippen LogP contribution in [0.1, 0.15) is 5.69 Å². The Balaban J connectivity index is 2.44. The first-order chi connectivity index (χ1) is 7.20. The van der Waals surface area contributed by atoms with E-state index >= 15 is 0 Å². The molecule has 0 spiro atoms. The van der Waals surface area contributed by atoms with Crippen molar-refractivity contribution in [2.24, 2.45) is 5.73 Å². The molecule has 0 bridgehead atoms. The van der Waals surface area contributed by atoms with Gasteiger partial charge in [-0.05, 0) is 18.2 Å². The molecular formula is C10H8ClFN2O. The van der Waals surface area contributed by atoms with E-state index in [1.54, 1.807) is 6.07 Å². The van der Waals surface area contributed by atoms with Gasteiger partial charge in [-0.3, -0.25) is 0 Å². The van der Waals surface area contributed by atoms with Crippen molar-refractivity contribution in [2.45, 2.75) is 6.54 Å². The number of rotatable bonds is 2. The van der Waals surface area contributed by atoms with Gasteiger partial charge in [-0.1, -0.05) is 11.6 Å². The van der Waals surface area contributed by atoms with Crippen LogP contribution in [0, 0.1) is 5.82 Å². The normalized spacial score (nSPS) is 10.6. The third-order valence-corrected chi connectivity index (χ3v) is 2.16. The Morgan fingerprint density at radius 1 is 1.47 bits per heavy atom. The van der Waals surface area contributed by atoms with Crippen molar-refractivity contribution in [3.8, 4) is 11.5 Å². The van der Waals surface area contributed by atoms with Crippen molar-refractivity contribution in [3.05, 3.63) is 41.0 Å². The van der Waals surface area contributed by atoms with Gasteiger partial charge >= 0.3 is 0 Å². The summed E-state index contributed by atoms with van der Waals surface area (Å²) < 4.78 is 18.5. The summed E-state index contributed by atoms with van der Waals surface area (Å²) >= 11 is 5.63. The second kappa shape index (κ2) is 4.00. The molecule has 15 heavy (non-hydrogen) atoms. The van der Waals surface area contributed by atoms with Crippen molar-refractivity contribution >= 4 is 11.6 Å². The number of benzene rings is 1. The highest BCUT2D eigenvalue weighted by atomic mass is 35.5. The van der Waals surface area contributed by atoms with Gasteiger partial charge in [0.25, 0.3) is 0 Å². The summed E-state index contributed by atoms with van der Waals surface area (Å²) in [4.78, 5) is 4.01. The van der Waals surface area contributed by atoms with Crippen LogP contribution in [-0.4, -0.2) is 4.98 Å². The van der Waals surface area contributed by atoms with Crippen LogP contribution in [0.4, 0.5) is 4.39 Å². The summed E-state index contributed by atoms with van der Waals surface area (Å²) in [6.45, 7) is 0.263. The van der Waals surface area contributed by atoms with E-state index in [0.717, 1.165) is 0 Å². The zero-order valence-electron chi connectivity index (χ0n) is 7.71. The highest BCUT2D eigenvalue weighted by Gasteiger charge is 2.11. The Morgan fingerprint density at radius 3 is 2.87 bits per heavy atom. The minimum atomic E-state index is -0.465. The standard InChI is InChI=1S/C10H8ClFN2O/c11-6-1-2-8(9(12)3-6)10-14-7(4-13)5-15-10/h1-3,5H,4,13H2. The van der Waals surface area contributed by atoms with Gasteiger partial charge in [0.05, 0.1) is 11.3 Å². The van der Waals surface area contributed by atoms with Crippen LogP contribution in [0.25, 0.3) is 11.5 Å². The number of nitrogens with two attached hydrogens (primary N) is 1. The van der Waals surface area contributed by atoms with Gasteiger partial charge < -0.3 is 10.2 Å². The maximum atomic E-state index is 13.4. The molecule has 2 N–H and O–H groups in total. The van der Waals surface area contributed by atoms with Crippen molar-refractivity contribution < 1.29 is 8.81 Å². The quantitative estimate of drug-likeness (QED) is 0.856. The fraction of sp³-hybridized carbons (Fsp3) is 0.100. The number of hydrogen-bond acceptors (Lipinski definition) is 3. The third-order valence-electron chi connectivity index (χ3n) is 1.92. The van der Waals surface area contributed by atoms with Crippen LogP contribution in [0.2, 0.25) is 5.02 Å². The monoisotopic (exact) mass is 226 g/mol. The average molecular weight is 227 g/mol. The lowest BCUT2D eigenvalue weighted by molar-refractivity contribution is 0.560. The molecule has 2 rings (SSSR count). The molecule has 1 aromatic heterocycles. The van der Waals surface area contributed by atoms with E-state index in [-0.39, 0.29) is 18.0 Å². The molecule has 0 aliphatic heterocycles. The minimum absolute atomic E-state index is 0.213. The molecular weight excluding hydrogens is 219 g/mol. The Morgan fingerprint density at radius 2 is 2.27 bits per heavy atom. The van der Waals surface area contributed by atoms with Gasteiger partial charge in [0.15, 0.2) is 0 Å². The Bertz CT molecular complexity index is 484. The SMILES string of the molecule is NCc1coc(-c2ccc(Cl)cc2F)n1. The van der Waals surface area contributed by atoms with Gasteiger partial charge in [0.1, 0.15) is 12.1 Å². The molecule has 0 aliphatic carbocycles. The lowest BCUT2D eigenvalue weighted by atomic mass is 10.2. The predicted molar refractivity (Wildman–Crippen MR) is 54.8 cm³/mol. The summed E-state index contributed by atoms with van der Waals surface area (Å²) in [6.07, 6.45) is 1.41. The summed E-state index contributed by atoms with van der Waals surface area (Å²) in [7, 11) is 0. The van der Waals surface area contributed by atoms with E-state index < -0.39 is 5.82 Å². The first kappa shape index (κ1) is 10.1. The van der Waals surface area contributed by atoms with Gasteiger partial charge in [-0.15, -0.1) is 0 Å². The number of oxazole rings is 1. The van der Waals surface area contributed by atoms with E-state index in [1.807, 2.05) is 0 Å². The lowest BCUT2D eigenvalue weighted by Crippen LogP contribution is -1.95. The van der Waals surface area contributed by atoms with Crippen molar-refractivity contribution in [3.63, 3.8) is 0 Å². The van der Waals surface area contributed by atoms with Crippen molar-refractivity contribution in [1.82, 2.24) is 4.98 Å². The molecule has 5 heteroatoms. The first-order valence-electron chi connectivity index (χ1n) is 4.30. The number of aromatic nitrogens is 1. The number of hydrogen-bond donors (Lipinski definition) is 1. The van der Waals surface area contributed by atoms with Crippen LogP contribution < -0.4 is 5.73 Å². The van der Waals surface area contributed by atoms with Crippen LogP contribution >= 0.6 is 11.6 Å². The smallest absolute Gasteiger partial charge is 0.229 e. The van der Waals surface area contributed by atoms with Crippen LogP contribution in [0.15, 0.2) is 28.9 Å². The second-order valence-corrected chi connectivity index (χ2v) is 3.41. The van der Waals surface area contributed by atoms with Gasteiger partial charge in [0, 0.05) is 11.6 Å². The van der Waals surface area contributed by atoms with Gasteiger partial charge in [-0.25, -0.2) is 9.37 Å². The fourth-order valence-electron chi connectivity index (χ4n) is 1.19.